The van der Waals surface area contributed by atoms with Crippen LogP contribution in [-0.4, -0.2) is 30.6 Å². The molecule has 3 heterocycles. The molecular formula is C25H19FN6O. The van der Waals surface area contributed by atoms with E-state index in [2.05, 4.69) is 25.4 Å². The molecule has 0 bridgehead atoms. The lowest BCUT2D eigenvalue weighted by Crippen LogP contribution is -2.23. The van der Waals surface area contributed by atoms with E-state index in [1.165, 1.54) is 12.1 Å². The molecule has 162 valence electrons. The number of hydrogen-bond donors (Lipinski definition) is 1. The first-order valence-corrected chi connectivity index (χ1v) is 10.3. The van der Waals surface area contributed by atoms with E-state index >= 15 is 0 Å². The first kappa shape index (κ1) is 20.4. The number of rotatable bonds is 5. The van der Waals surface area contributed by atoms with Gasteiger partial charge in [0.2, 0.25) is 0 Å². The summed E-state index contributed by atoms with van der Waals surface area (Å²) in [6.45, 7) is 2.16. The average molecular weight is 438 g/mol. The third kappa shape index (κ3) is 4.31. The predicted molar refractivity (Wildman–Crippen MR) is 122 cm³/mol. The van der Waals surface area contributed by atoms with Crippen molar-refractivity contribution in [2.75, 3.05) is 0 Å². The SMILES string of the molecule is Cc1cccc(-n2nc(C(=O)NCc3ccc(F)cc3)cc2-c2ccc3nccnc3c2)n1. The molecule has 0 saturated heterocycles. The van der Waals surface area contributed by atoms with Crippen molar-refractivity contribution in [3.8, 4) is 17.1 Å². The molecular weight excluding hydrogens is 419 g/mol. The molecule has 0 radical (unpaired) electrons. The van der Waals surface area contributed by atoms with E-state index < -0.39 is 0 Å². The van der Waals surface area contributed by atoms with Crippen molar-refractivity contribution in [2.45, 2.75) is 13.5 Å². The molecule has 5 aromatic rings. The second-order valence-electron chi connectivity index (χ2n) is 7.53. The van der Waals surface area contributed by atoms with Gasteiger partial charge in [-0.3, -0.25) is 14.8 Å². The van der Waals surface area contributed by atoms with Crippen LogP contribution in [0.2, 0.25) is 0 Å². The highest BCUT2D eigenvalue weighted by atomic mass is 19.1. The molecule has 1 N–H and O–H groups in total. The first-order chi connectivity index (χ1) is 16.1. The van der Waals surface area contributed by atoms with Crippen LogP contribution in [0.5, 0.6) is 0 Å². The van der Waals surface area contributed by atoms with Gasteiger partial charge in [-0.2, -0.15) is 5.10 Å². The standard InChI is InChI=1S/C25H19FN6O/c1-16-3-2-4-24(30-16)32-23(18-7-10-20-21(13-18)28-12-11-27-20)14-22(31-32)25(33)29-15-17-5-8-19(26)9-6-17/h2-14H,15H2,1H3,(H,29,33). The zero-order chi connectivity index (χ0) is 22.8. The zero-order valence-corrected chi connectivity index (χ0v) is 17.7. The van der Waals surface area contributed by atoms with E-state index in [0.29, 0.717) is 11.5 Å². The lowest BCUT2D eigenvalue weighted by atomic mass is 10.1. The van der Waals surface area contributed by atoms with Crippen molar-refractivity contribution in [1.29, 1.82) is 0 Å². The van der Waals surface area contributed by atoms with Crippen molar-refractivity contribution < 1.29 is 9.18 Å². The fraction of sp³-hybridized carbons (Fsp3) is 0.0800. The molecule has 33 heavy (non-hydrogen) atoms. The van der Waals surface area contributed by atoms with Crippen molar-refractivity contribution in [3.63, 3.8) is 0 Å². The Morgan fingerprint density at radius 2 is 1.76 bits per heavy atom. The van der Waals surface area contributed by atoms with Gasteiger partial charge in [-0.1, -0.05) is 24.3 Å². The quantitative estimate of drug-likeness (QED) is 0.443. The molecule has 0 spiro atoms. The number of fused-ring (bicyclic) bond motifs is 1. The minimum Gasteiger partial charge on any atom is -0.347 e. The third-order valence-electron chi connectivity index (χ3n) is 5.16. The van der Waals surface area contributed by atoms with E-state index in [4.69, 9.17) is 0 Å². The number of aryl methyl sites for hydroxylation is 1. The monoisotopic (exact) mass is 438 g/mol. The molecule has 7 nitrogen and oxygen atoms in total. The van der Waals surface area contributed by atoms with Crippen molar-refractivity contribution >= 4 is 16.9 Å². The molecule has 8 heteroatoms. The first-order valence-electron chi connectivity index (χ1n) is 10.3. The molecule has 0 aliphatic carbocycles. The normalized spacial score (nSPS) is 11.0. The van der Waals surface area contributed by atoms with Gasteiger partial charge in [0.05, 0.1) is 16.7 Å². The van der Waals surface area contributed by atoms with Crippen molar-refractivity contribution in [2.24, 2.45) is 0 Å². The zero-order valence-electron chi connectivity index (χ0n) is 17.7. The topological polar surface area (TPSA) is 85.6 Å². The lowest BCUT2D eigenvalue weighted by molar-refractivity contribution is 0.0945. The Morgan fingerprint density at radius 1 is 0.970 bits per heavy atom. The van der Waals surface area contributed by atoms with Gasteiger partial charge in [0, 0.05) is 30.2 Å². The fourth-order valence-corrected chi connectivity index (χ4v) is 3.52. The van der Waals surface area contributed by atoms with E-state index in [9.17, 15) is 9.18 Å². The van der Waals surface area contributed by atoms with Crippen LogP contribution in [0, 0.1) is 12.7 Å². The number of pyridine rings is 1. The maximum Gasteiger partial charge on any atom is 0.272 e. The number of benzene rings is 2. The Labute approximate surface area is 189 Å². The molecule has 0 unspecified atom stereocenters. The molecule has 3 aromatic heterocycles. The fourth-order valence-electron chi connectivity index (χ4n) is 3.52. The van der Waals surface area contributed by atoms with Crippen molar-refractivity contribution in [3.05, 3.63) is 102 Å². The third-order valence-corrected chi connectivity index (χ3v) is 5.16. The minimum atomic E-state index is -0.340. The summed E-state index contributed by atoms with van der Waals surface area (Å²) in [4.78, 5) is 26.2. The molecule has 0 saturated carbocycles. The molecule has 5 rings (SSSR count). The summed E-state index contributed by atoms with van der Waals surface area (Å²) in [7, 11) is 0. The van der Waals surface area contributed by atoms with Crippen LogP contribution in [0.25, 0.3) is 28.1 Å². The largest absolute Gasteiger partial charge is 0.347 e. The lowest BCUT2D eigenvalue weighted by Gasteiger charge is -2.08. The molecule has 1 amide bonds. The maximum absolute atomic E-state index is 13.1. The van der Waals surface area contributed by atoms with Gasteiger partial charge in [-0.15, -0.1) is 0 Å². The molecule has 0 fully saturated rings. The highest BCUT2D eigenvalue weighted by molar-refractivity contribution is 5.94. The van der Waals surface area contributed by atoms with Crippen LogP contribution < -0.4 is 5.32 Å². The minimum absolute atomic E-state index is 0.245. The summed E-state index contributed by atoms with van der Waals surface area (Å²) in [6.07, 6.45) is 3.28. The van der Waals surface area contributed by atoms with Crippen LogP contribution in [0.1, 0.15) is 21.7 Å². The highest BCUT2D eigenvalue weighted by Gasteiger charge is 2.18. The Kier molecular flexibility index (Phi) is 5.32. The highest BCUT2D eigenvalue weighted by Crippen LogP contribution is 2.26. The average Bonchev–Trinajstić information content (AvgIpc) is 3.29. The Bertz CT molecular complexity index is 1460. The van der Waals surface area contributed by atoms with Gasteiger partial charge in [0.1, 0.15) is 5.82 Å². The van der Waals surface area contributed by atoms with Crippen LogP contribution in [0.15, 0.2) is 79.1 Å². The predicted octanol–water partition coefficient (Wildman–Crippen LogP) is 4.26. The number of amides is 1. The number of nitrogens with one attached hydrogen (secondary N) is 1. The second kappa shape index (κ2) is 8.58. The maximum atomic E-state index is 13.1. The molecule has 0 atom stereocenters. The molecule has 2 aromatic carbocycles. The summed E-state index contributed by atoms with van der Waals surface area (Å²) < 4.78 is 14.8. The van der Waals surface area contributed by atoms with Gasteiger partial charge in [0.15, 0.2) is 11.5 Å². The Hall–Kier alpha value is -4.46. The summed E-state index contributed by atoms with van der Waals surface area (Å²) in [5, 5.41) is 7.39. The van der Waals surface area contributed by atoms with E-state index in [1.54, 1.807) is 35.3 Å². The van der Waals surface area contributed by atoms with Crippen molar-refractivity contribution in [1.82, 2.24) is 30.0 Å². The summed E-state index contributed by atoms with van der Waals surface area (Å²) >= 11 is 0. The molecule has 0 aliphatic rings. The van der Waals surface area contributed by atoms with Crippen LogP contribution in [0.4, 0.5) is 4.39 Å². The number of hydrogen-bond acceptors (Lipinski definition) is 5. The van der Waals surface area contributed by atoms with Gasteiger partial charge < -0.3 is 5.32 Å². The number of nitrogens with zero attached hydrogens (tertiary/aromatic N) is 5. The summed E-state index contributed by atoms with van der Waals surface area (Å²) in [5.41, 5.74) is 4.91. The van der Waals surface area contributed by atoms with E-state index in [0.717, 1.165) is 27.9 Å². The van der Waals surface area contributed by atoms with Gasteiger partial charge >= 0.3 is 0 Å². The van der Waals surface area contributed by atoms with E-state index in [1.807, 2.05) is 43.3 Å². The number of carbonyl (C=O) groups excluding carboxylic acids is 1. The summed E-state index contributed by atoms with van der Waals surface area (Å²) in [5.74, 6) is -0.0615. The Morgan fingerprint density at radius 3 is 2.55 bits per heavy atom. The number of aromatic nitrogens is 5. The number of halogens is 1. The van der Waals surface area contributed by atoms with Gasteiger partial charge in [-0.05, 0) is 55.0 Å². The number of carbonyl (C=O) groups is 1. The van der Waals surface area contributed by atoms with Gasteiger partial charge in [0.25, 0.3) is 5.91 Å². The second-order valence-corrected chi connectivity index (χ2v) is 7.53. The van der Waals surface area contributed by atoms with Crippen LogP contribution in [0.3, 0.4) is 0 Å². The van der Waals surface area contributed by atoms with E-state index in [-0.39, 0.29) is 24.0 Å². The smallest absolute Gasteiger partial charge is 0.272 e. The van der Waals surface area contributed by atoms with Crippen LogP contribution in [-0.2, 0) is 6.54 Å². The van der Waals surface area contributed by atoms with Crippen LogP contribution >= 0.6 is 0 Å². The van der Waals surface area contributed by atoms with Gasteiger partial charge in [-0.25, -0.2) is 14.1 Å². The molecule has 0 aliphatic heterocycles. The Balaban J connectivity index is 1.52. The summed E-state index contributed by atoms with van der Waals surface area (Å²) in [6, 6.07) is 19.0.